The molecule has 106 valence electrons. The molecule has 1 spiro atoms. The summed E-state index contributed by atoms with van der Waals surface area (Å²) < 4.78 is 24.8. The molecule has 4 atom stereocenters. The predicted octanol–water partition coefficient (Wildman–Crippen LogP) is 3.17. The van der Waals surface area contributed by atoms with Crippen molar-refractivity contribution in [1.82, 2.24) is 0 Å². The van der Waals surface area contributed by atoms with Crippen molar-refractivity contribution in [1.29, 1.82) is 0 Å². The van der Waals surface area contributed by atoms with Gasteiger partial charge in [0, 0.05) is 0 Å². The standard InChI is InChI=1S/C14H21O4P/c1-10-11(2)16-19(15-10,14-8-6-5-7-9-14)17-12(3)13(4)18-19/h5-13H,1-4H3. The first kappa shape index (κ1) is 13.5. The van der Waals surface area contributed by atoms with E-state index in [1.54, 1.807) is 0 Å². The van der Waals surface area contributed by atoms with Crippen LogP contribution in [0.4, 0.5) is 0 Å². The van der Waals surface area contributed by atoms with E-state index < -0.39 is 7.51 Å². The third-order valence-corrected chi connectivity index (χ3v) is 7.82. The fourth-order valence-electron chi connectivity index (χ4n) is 2.55. The molecule has 3 rings (SSSR count). The number of rotatable bonds is 1. The van der Waals surface area contributed by atoms with Crippen molar-refractivity contribution in [2.45, 2.75) is 52.1 Å². The fraction of sp³-hybridized carbons (Fsp3) is 0.571. The van der Waals surface area contributed by atoms with Crippen LogP contribution < -0.4 is 5.30 Å². The molecular weight excluding hydrogens is 263 g/mol. The first-order valence-corrected chi connectivity index (χ1v) is 8.69. The summed E-state index contributed by atoms with van der Waals surface area (Å²) in [6.07, 6.45) is -0.184. The second kappa shape index (κ2) is 4.24. The Labute approximate surface area is 114 Å². The van der Waals surface area contributed by atoms with Gasteiger partial charge in [-0.1, -0.05) is 0 Å². The summed E-state index contributed by atoms with van der Waals surface area (Å²) in [5.41, 5.74) is 0. The summed E-state index contributed by atoms with van der Waals surface area (Å²) in [6, 6.07) is 9.81. The van der Waals surface area contributed by atoms with E-state index in [4.69, 9.17) is 18.1 Å². The zero-order valence-corrected chi connectivity index (χ0v) is 12.7. The van der Waals surface area contributed by atoms with Crippen molar-refractivity contribution in [2.24, 2.45) is 0 Å². The number of hydrogen-bond donors (Lipinski definition) is 0. The molecule has 0 aliphatic carbocycles. The summed E-state index contributed by atoms with van der Waals surface area (Å²) in [5.74, 6) is 0. The van der Waals surface area contributed by atoms with Crippen LogP contribution in [0.15, 0.2) is 30.3 Å². The Morgan fingerprint density at radius 2 is 1.05 bits per heavy atom. The predicted molar refractivity (Wildman–Crippen MR) is 75.2 cm³/mol. The van der Waals surface area contributed by atoms with E-state index in [1.165, 1.54) is 0 Å². The SMILES string of the molecule is CC1OP2(c3ccccc3)(OC1C)OC(C)C(C)O2. The molecule has 0 aromatic heterocycles. The third-order valence-electron chi connectivity index (χ3n) is 3.89. The van der Waals surface area contributed by atoms with Crippen LogP contribution in [-0.4, -0.2) is 24.4 Å². The average molecular weight is 284 g/mol. The van der Waals surface area contributed by atoms with Gasteiger partial charge in [-0.2, -0.15) is 0 Å². The molecule has 0 bridgehead atoms. The first-order chi connectivity index (χ1) is 8.95. The van der Waals surface area contributed by atoms with Crippen LogP contribution in [0.1, 0.15) is 27.7 Å². The van der Waals surface area contributed by atoms with E-state index in [-0.39, 0.29) is 24.4 Å². The molecule has 1 aromatic rings. The van der Waals surface area contributed by atoms with Crippen molar-refractivity contribution < 1.29 is 18.1 Å². The number of benzene rings is 1. The van der Waals surface area contributed by atoms with Gasteiger partial charge < -0.3 is 0 Å². The van der Waals surface area contributed by atoms with Crippen LogP contribution in [0.5, 0.6) is 0 Å². The minimum atomic E-state index is -3.64. The summed E-state index contributed by atoms with van der Waals surface area (Å²) in [7, 11) is -3.64. The molecule has 5 heteroatoms. The van der Waals surface area contributed by atoms with Crippen LogP contribution >= 0.6 is 7.51 Å². The van der Waals surface area contributed by atoms with Crippen LogP contribution in [-0.2, 0) is 18.1 Å². The van der Waals surface area contributed by atoms with Crippen molar-refractivity contribution in [3.05, 3.63) is 30.3 Å². The zero-order chi connectivity index (χ0) is 13.7. The Hall–Kier alpha value is -0.510. The Kier molecular flexibility index (Phi) is 3.01. The van der Waals surface area contributed by atoms with Crippen molar-refractivity contribution in [2.75, 3.05) is 0 Å². The quantitative estimate of drug-likeness (QED) is 0.742. The molecule has 0 N–H and O–H groups in total. The maximum atomic E-state index is 6.20. The molecular formula is C14H21O4P. The van der Waals surface area contributed by atoms with Gasteiger partial charge in [-0.05, 0) is 0 Å². The summed E-state index contributed by atoms with van der Waals surface area (Å²) in [6.45, 7) is 7.98. The van der Waals surface area contributed by atoms with E-state index in [0.29, 0.717) is 0 Å². The van der Waals surface area contributed by atoms with E-state index in [9.17, 15) is 0 Å². The molecule has 0 radical (unpaired) electrons. The van der Waals surface area contributed by atoms with Crippen LogP contribution in [0, 0.1) is 0 Å². The average Bonchev–Trinajstić information content (AvgIpc) is 2.77. The molecule has 4 unspecified atom stereocenters. The second-order valence-corrected chi connectivity index (χ2v) is 8.37. The fourth-order valence-corrected chi connectivity index (χ4v) is 6.98. The van der Waals surface area contributed by atoms with E-state index in [2.05, 4.69) is 0 Å². The Morgan fingerprint density at radius 1 is 0.684 bits per heavy atom. The molecule has 2 aliphatic rings. The van der Waals surface area contributed by atoms with Crippen LogP contribution in [0.3, 0.4) is 0 Å². The number of hydrogen-bond acceptors (Lipinski definition) is 4. The molecule has 0 amide bonds. The molecule has 1 aromatic carbocycles. The van der Waals surface area contributed by atoms with Gasteiger partial charge in [0.1, 0.15) is 0 Å². The summed E-state index contributed by atoms with van der Waals surface area (Å²) in [5, 5.41) is 0.876. The van der Waals surface area contributed by atoms with Gasteiger partial charge in [-0.15, -0.1) is 0 Å². The van der Waals surface area contributed by atoms with Gasteiger partial charge in [0.15, 0.2) is 0 Å². The topological polar surface area (TPSA) is 36.9 Å². The molecule has 2 aliphatic heterocycles. The molecule has 2 heterocycles. The van der Waals surface area contributed by atoms with E-state index >= 15 is 0 Å². The van der Waals surface area contributed by atoms with Crippen LogP contribution in [0.25, 0.3) is 0 Å². The van der Waals surface area contributed by atoms with Crippen molar-refractivity contribution in [3.63, 3.8) is 0 Å². The maximum absolute atomic E-state index is 6.20. The van der Waals surface area contributed by atoms with Gasteiger partial charge in [0.25, 0.3) is 0 Å². The molecule has 19 heavy (non-hydrogen) atoms. The summed E-state index contributed by atoms with van der Waals surface area (Å²) >= 11 is 0. The first-order valence-electron chi connectivity index (χ1n) is 6.78. The Morgan fingerprint density at radius 3 is 1.42 bits per heavy atom. The van der Waals surface area contributed by atoms with Gasteiger partial charge >= 0.3 is 113 Å². The third kappa shape index (κ3) is 1.86. The van der Waals surface area contributed by atoms with Crippen LogP contribution in [0.2, 0.25) is 0 Å². The summed E-state index contributed by atoms with van der Waals surface area (Å²) in [4.78, 5) is 0. The van der Waals surface area contributed by atoms with Gasteiger partial charge in [0.05, 0.1) is 0 Å². The monoisotopic (exact) mass is 284 g/mol. The molecule has 4 nitrogen and oxygen atoms in total. The Balaban J connectivity index is 2.13. The van der Waals surface area contributed by atoms with E-state index in [0.717, 1.165) is 5.30 Å². The van der Waals surface area contributed by atoms with Gasteiger partial charge in [-0.25, -0.2) is 0 Å². The van der Waals surface area contributed by atoms with Gasteiger partial charge in [0.2, 0.25) is 0 Å². The molecule has 2 fully saturated rings. The van der Waals surface area contributed by atoms with E-state index in [1.807, 2.05) is 58.0 Å². The van der Waals surface area contributed by atoms with Crippen molar-refractivity contribution in [3.8, 4) is 0 Å². The normalized spacial score (nSPS) is 42.0. The zero-order valence-electron chi connectivity index (χ0n) is 11.8. The molecule has 2 saturated heterocycles. The van der Waals surface area contributed by atoms with Gasteiger partial charge in [-0.3, -0.25) is 0 Å². The van der Waals surface area contributed by atoms with Crippen molar-refractivity contribution >= 4 is 12.8 Å². The Bertz CT molecular complexity index is 426. The molecule has 0 saturated carbocycles. The second-order valence-electron chi connectivity index (χ2n) is 5.39. The minimum absolute atomic E-state index is 0.0460.